The number of hydrogen-bond donors (Lipinski definition) is 2. The number of hydrogen-bond acceptors (Lipinski definition) is 2. The van der Waals surface area contributed by atoms with Gasteiger partial charge < -0.3 is 5.73 Å². The van der Waals surface area contributed by atoms with Gasteiger partial charge >= 0.3 is 0 Å². The van der Waals surface area contributed by atoms with Crippen LogP contribution in [0.2, 0.25) is 0 Å². The maximum absolute atomic E-state index is 5.63. The molecule has 1 aromatic rings. The summed E-state index contributed by atoms with van der Waals surface area (Å²) in [6.45, 7) is 4.70. The quantitative estimate of drug-likeness (QED) is 0.437. The minimum absolute atomic E-state index is 0.214. The topological polar surface area (TPSA) is 55.3 Å². The van der Waals surface area contributed by atoms with Gasteiger partial charge in [0, 0.05) is 0 Å². The van der Waals surface area contributed by atoms with E-state index in [0.29, 0.717) is 6.54 Å². The molecule has 0 fully saturated rings. The molecule has 4 N–H and O–H groups in total. The molecule has 14 heavy (non-hydrogen) atoms. The second-order valence-corrected chi connectivity index (χ2v) is 3.74. The summed E-state index contributed by atoms with van der Waals surface area (Å²) in [4.78, 5) is 0. The van der Waals surface area contributed by atoms with E-state index in [1.54, 1.807) is 0 Å². The van der Waals surface area contributed by atoms with E-state index in [-0.39, 0.29) is 5.11 Å². The van der Waals surface area contributed by atoms with E-state index >= 15 is 0 Å². The molecular formula is C10H15N3S. The van der Waals surface area contributed by atoms with Gasteiger partial charge in [0.2, 0.25) is 0 Å². The van der Waals surface area contributed by atoms with Gasteiger partial charge in [-0.1, -0.05) is 18.2 Å². The number of nitrogens with zero attached hydrogens (tertiary/aromatic N) is 1. The average Bonchev–Trinajstić information content (AvgIpc) is 2.12. The normalized spacial score (nSPS) is 9.93. The van der Waals surface area contributed by atoms with Crippen LogP contribution in [0.25, 0.3) is 0 Å². The second-order valence-electron chi connectivity index (χ2n) is 3.33. The Kier molecular flexibility index (Phi) is 3.43. The number of benzene rings is 1. The monoisotopic (exact) mass is 209 g/mol. The smallest absolute Gasteiger partial charge is 0.180 e. The van der Waals surface area contributed by atoms with E-state index in [4.69, 9.17) is 23.8 Å². The van der Waals surface area contributed by atoms with E-state index in [1.165, 1.54) is 16.1 Å². The first-order valence-electron chi connectivity index (χ1n) is 4.39. The van der Waals surface area contributed by atoms with Crippen molar-refractivity contribution in [1.29, 1.82) is 0 Å². The van der Waals surface area contributed by atoms with Gasteiger partial charge in [-0.3, -0.25) is 5.01 Å². The molecule has 0 aliphatic carbocycles. The summed E-state index contributed by atoms with van der Waals surface area (Å²) in [5, 5.41) is 1.59. The van der Waals surface area contributed by atoms with Crippen LogP contribution >= 0.6 is 12.2 Å². The van der Waals surface area contributed by atoms with Gasteiger partial charge in [0.15, 0.2) is 5.11 Å². The Bertz CT molecular complexity index is 349. The highest BCUT2D eigenvalue weighted by atomic mass is 32.1. The Labute approximate surface area is 89.7 Å². The Morgan fingerprint density at radius 3 is 2.64 bits per heavy atom. The van der Waals surface area contributed by atoms with Crippen LogP contribution in [0, 0.1) is 13.8 Å². The molecule has 0 bridgehead atoms. The maximum atomic E-state index is 5.63. The molecule has 4 heteroatoms. The molecule has 1 rings (SSSR count). The second kappa shape index (κ2) is 4.39. The van der Waals surface area contributed by atoms with Crippen molar-refractivity contribution in [1.82, 2.24) is 5.01 Å². The minimum atomic E-state index is 0.214. The van der Waals surface area contributed by atoms with Crippen molar-refractivity contribution in [3.8, 4) is 0 Å². The van der Waals surface area contributed by atoms with Crippen LogP contribution in [0.4, 0.5) is 0 Å². The van der Waals surface area contributed by atoms with Crippen LogP contribution < -0.4 is 11.6 Å². The van der Waals surface area contributed by atoms with E-state index < -0.39 is 0 Å². The number of rotatable bonds is 2. The fraction of sp³-hybridized carbons (Fsp3) is 0.300. The van der Waals surface area contributed by atoms with Gasteiger partial charge in [-0.05, 0) is 42.8 Å². The molecule has 3 nitrogen and oxygen atoms in total. The fourth-order valence-corrected chi connectivity index (χ4v) is 1.31. The van der Waals surface area contributed by atoms with Crippen LogP contribution in [0.15, 0.2) is 18.2 Å². The summed E-state index contributed by atoms with van der Waals surface area (Å²) in [5.41, 5.74) is 9.04. The fourth-order valence-electron chi connectivity index (χ4n) is 1.24. The molecule has 1 aromatic carbocycles. The number of thiocarbonyl (C=S) groups is 1. The minimum Gasteiger partial charge on any atom is -0.375 e. The Balaban J connectivity index is 2.87. The molecule has 0 amide bonds. The van der Waals surface area contributed by atoms with Crippen LogP contribution in [0.3, 0.4) is 0 Å². The highest BCUT2D eigenvalue weighted by molar-refractivity contribution is 7.80. The van der Waals surface area contributed by atoms with Gasteiger partial charge in [-0.2, -0.15) is 0 Å². The lowest BCUT2D eigenvalue weighted by Crippen LogP contribution is -2.40. The number of nitrogens with two attached hydrogens (primary N) is 2. The van der Waals surface area contributed by atoms with Crippen LogP contribution in [-0.4, -0.2) is 10.1 Å². The van der Waals surface area contributed by atoms with E-state index in [2.05, 4.69) is 19.9 Å². The molecular weight excluding hydrogens is 194 g/mol. The molecule has 0 aliphatic heterocycles. The zero-order chi connectivity index (χ0) is 10.7. The third-order valence-corrected chi connectivity index (χ3v) is 2.58. The predicted octanol–water partition coefficient (Wildman–Crippen LogP) is 1.22. The summed E-state index contributed by atoms with van der Waals surface area (Å²) >= 11 is 4.77. The zero-order valence-corrected chi connectivity index (χ0v) is 9.27. The van der Waals surface area contributed by atoms with Gasteiger partial charge in [0.1, 0.15) is 0 Å². The molecule has 0 unspecified atom stereocenters. The molecule has 0 saturated carbocycles. The zero-order valence-electron chi connectivity index (χ0n) is 8.45. The number of aryl methyl sites for hydroxylation is 1. The molecule has 76 valence electrons. The van der Waals surface area contributed by atoms with Gasteiger partial charge in [0.05, 0.1) is 6.54 Å². The third-order valence-electron chi connectivity index (χ3n) is 2.34. The molecule has 0 aromatic heterocycles. The maximum Gasteiger partial charge on any atom is 0.180 e. The van der Waals surface area contributed by atoms with Crippen molar-refractivity contribution in [3.63, 3.8) is 0 Å². The van der Waals surface area contributed by atoms with Crippen LogP contribution in [-0.2, 0) is 6.54 Å². The van der Waals surface area contributed by atoms with Gasteiger partial charge in [0.25, 0.3) is 0 Å². The van der Waals surface area contributed by atoms with Gasteiger partial charge in [-0.15, -0.1) is 0 Å². The summed E-state index contributed by atoms with van der Waals surface area (Å²) in [6, 6.07) is 6.10. The molecule has 0 radical (unpaired) electrons. The van der Waals surface area contributed by atoms with Crippen molar-refractivity contribution < 1.29 is 0 Å². The van der Waals surface area contributed by atoms with Crippen molar-refractivity contribution >= 4 is 17.3 Å². The van der Waals surface area contributed by atoms with Crippen LogP contribution in [0.1, 0.15) is 16.7 Å². The van der Waals surface area contributed by atoms with Gasteiger partial charge in [-0.25, -0.2) is 5.84 Å². The van der Waals surface area contributed by atoms with Crippen molar-refractivity contribution in [2.75, 3.05) is 0 Å². The Hall–Kier alpha value is -1.13. The van der Waals surface area contributed by atoms with E-state index in [0.717, 1.165) is 5.56 Å². The first-order chi connectivity index (χ1) is 6.52. The lowest BCUT2D eigenvalue weighted by Gasteiger charge is -2.18. The van der Waals surface area contributed by atoms with Crippen molar-refractivity contribution in [2.45, 2.75) is 20.4 Å². The van der Waals surface area contributed by atoms with Crippen molar-refractivity contribution in [3.05, 3.63) is 34.9 Å². The SMILES string of the molecule is Cc1cccc(CN(N)C(N)=S)c1C. The molecule has 0 heterocycles. The lowest BCUT2D eigenvalue weighted by atomic mass is 10.0. The number of hydrazine groups is 1. The Morgan fingerprint density at radius 2 is 2.07 bits per heavy atom. The molecule has 0 spiro atoms. The first kappa shape index (κ1) is 10.9. The lowest BCUT2D eigenvalue weighted by molar-refractivity contribution is 0.436. The third kappa shape index (κ3) is 2.43. The summed E-state index contributed by atoms with van der Waals surface area (Å²) in [7, 11) is 0. The summed E-state index contributed by atoms with van der Waals surface area (Å²) in [6.07, 6.45) is 0. The van der Waals surface area contributed by atoms with Crippen molar-refractivity contribution in [2.24, 2.45) is 11.6 Å². The van der Waals surface area contributed by atoms with Crippen LogP contribution in [0.5, 0.6) is 0 Å². The summed E-state index contributed by atoms with van der Waals surface area (Å²) < 4.78 is 0. The van der Waals surface area contributed by atoms with E-state index in [9.17, 15) is 0 Å². The summed E-state index contributed by atoms with van der Waals surface area (Å²) in [5.74, 6) is 5.63. The molecule has 0 aliphatic rings. The first-order valence-corrected chi connectivity index (χ1v) is 4.80. The average molecular weight is 209 g/mol. The molecule has 0 saturated heterocycles. The Morgan fingerprint density at radius 1 is 1.43 bits per heavy atom. The largest absolute Gasteiger partial charge is 0.375 e. The highest BCUT2D eigenvalue weighted by Crippen LogP contribution is 2.13. The molecule has 0 atom stereocenters. The van der Waals surface area contributed by atoms with E-state index in [1.807, 2.05) is 12.1 Å². The highest BCUT2D eigenvalue weighted by Gasteiger charge is 2.05. The standard InChI is InChI=1S/C10H15N3S/c1-7-4-3-5-9(8(7)2)6-13(12)10(11)14/h3-5H,6,12H2,1-2H3,(H2,11,14). The predicted molar refractivity (Wildman–Crippen MR) is 62.4 cm³/mol.